The average Bonchev–Trinajstić information content (AvgIpc) is 2.91. The Morgan fingerprint density at radius 1 is 1.35 bits per heavy atom. The van der Waals surface area contributed by atoms with Gasteiger partial charge in [-0.15, -0.1) is 11.6 Å². The topological polar surface area (TPSA) is 90.2 Å². The standard InChI is InChI=1S/C11H10ClN3O3S2/c12-7-10(16)14-8-1-3-9(4-2-8)20(17,18)15-11-13-5-6-19-11/h1-6H,7H2,(H2,13,14,15,16)/p-1. The van der Waals surface area contributed by atoms with Crippen molar-refractivity contribution in [2.75, 3.05) is 11.2 Å². The lowest BCUT2D eigenvalue weighted by Crippen LogP contribution is -2.12. The maximum absolute atomic E-state index is 12.0. The first-order chi connectivity index (χ1) is 9.51. The molecule has 6 nitrogen and oxygen atoms in total. The number of carbonyl (C=O) groups is 1. The van der Waals surface area contributed by atoms with E-state index in [1.165, 1.54) is 30.5 Å². The van der Waals surface area contributed by atoms with Gasteiger partial charge in [0, 0.05) is 10.8 Å². The highest BCUT2D eigenvalue weighted by Gasteiger charge is 2.10. The van der Waals surface area contributed by atoms with E-state index in [-0.39, 0.29) is 21.8 Å². The van der Waals surface area contributed by atoms with Gasteiger partial charge in [0.25, 0.3) is 0 Å². The molecule has 0 unspecified atom stereocenters. The van der Waals surface area contributed by atoms with Gasteiger partial charge in [0.2, 0.25) is 15.9 Å². The highest BCUT2D eigenvalue weighted by molar-refractivity contribution is 7.94. The Hall–Kier alpha value is -1.64. The van der Waals surface area contributed by atoms with Gasteiger partial charge >= 0.3 is 0 Å². The number of aromatic nitrogens is 1. The van der Waals surface area contributed by atoms with E-state index in [9.17, 15) is 13.2 Å². The van der Waals surface area contributed by atoms with E-state index in [0.29, 0.717) is 5.69 Å². The van der Waals surface area contributed by atoms with E-state index in [1.807, 2.05) is 0 Å². The molecule has 0 saturated carbocycles. The largest absolute Gasteiger partial charge is 0.433 e. The van der Waals surface area contributed by atoms with Crippen LogP contribution in [0.2, 0.25) is 0 Å². The number of hydrogen-bond acceptors (Lipinski definition) is 5. The minimum absolute atomic E-state index is 0.0246. The molecule has 0 aliphatic carbocycles. The lowest BCUT2D eigenvalue weighted by atomic mass is 10.3. The molecular weight excluding hydrogens is 322 g/mol. The molecule has 106 valence electrons. The van der Waals surface area contributed by atoms with Crippen molar-refractivity contribution >= 4 is 49.7 Å². The molecule has 20 heavy (non-hydrogen) atoms. The number of sulfonamides is 1. The molecular formula is C11H9ClN3O3S2-. The monoisotopic (exact) mass is 330 g/mol. The third-order valence-corrected chi connectivity index (χ3v) is 4.48. The molecule has 0 radical (unpaired) electrons. The number of anilines is 1. The summed E-state index contributed by atoms with van der Waals surface area (Å²) < 4.78 is 27.6. The zero-order chi connectivity index (χ0) is 14.6. The SMILES string of the molecule is O=C(CCl)Nc1ccc(S(=O)(=O)[N-]c2nccs2)cc1. The van der Waals surface area contributed by atoms with Gasteiger partial charge in [-0.25, -0.2) is 8.42 Å². The molecule has 0 bridgehead atoms. The lowest BCUT2D eigenvalue weighted by molar-refractivity contribution is -0.113. The second-order valence-corrected chi connectivity index (χ2v) is 6.33. The molecule has 1 amide bonds. The van der Waals surface area contributed by atoms with E-state index in [4.69, 9.17) is 11.6 Å². The minimum Gasteiger partial charge on any atom is -0.433 e. The second-order valence-electron chi connectivity index (χ2n) is 3.59. The Morgan fingerprint density at radius 2 is 2.05 bits per heavy atom. The Bertz CT molecular complexity index is 684. The number of nitrogens with zero attached hydrogens (tertiary/aromatic N) is 2. The second kappa shape index (κ2) is 6.21. The minimum atomic E-state index is -3.80. The van der Waals surface area contributed by atoms with E-state index < -0.39 is 10.0 Å². The summed E-state index contributed by atoms with van der Waals surface area (Å²) in [4.78, 5) is 14.9. The molecule has 2 aromatic rings. The first kappa shape index (κ1) is 14.8. The molecule has 2 rings (SSSR count). The molecule has 1 heterocycles. The predicted molar refractivity (Wildman–Crippen MR) is 78.1 cm³/mol. The van der Waals surface area contributed by atoms with Crippen LogP contribution in [-0.4, -0.2) is 25.2 Å². The zero-order valence-corrected chi connectivity index (χ0v) is 12.4. The van der Waals surface area contributed by atoms with Crippen molar-refractivity contribution in [2.45, 2.75) is 4.90 Å². The summed E-state index contributed by atoms with van der Waals surface area (Å²) in [6.45, 7) is 0. The van der Waals surface area contributed by atoms with Gasteiger partial charge in [-0.2, -0.15) is 11.3 Å². The van der Waals surface area contributed by atoms with Crippen molar-refractivity contribution in [1.29, 1.82) is 0 Å². The summed E-state index contributed by atoms with van der Waals surface area (Å²) in [5.41, 5.74) is 0.462. The van der Waals surface area contributed by atoms with Crippen molar-refractivity contribution < 1.29 is 13.2 Å². The Morgan fingerprint density at radius 3 is 2.60 bits per heavy atom. The van der Waals surface area contributed by atoms with E-state index >= 15 is 0 Å². The lowest BCUT2D eigenvalue weighted by Gasteiger charge is -2.12. The van der Waals surface area contributed by atoms with Gasteiger partial charge in [0.1, 0.15) is 5.88 Å². The number of rotatable bonds is 5. The van der Waals surface area contributed by atoms with Crippen LogP contribution in [0.4, 0.5) is 10.8 Å². The molecule has 9 heteroatoms. The number of hydrogen-bond donors (Lipinski definition) is 1. The first-order valence-corrected chi connectivity index (χ1v) is 8.20. The average molecular weight is 331 g/mol. The quantitative estimate of drug-likeness (QED) is 0.853. The summed E-state index contributed by atoms with van der Waals surface area (Å²) in [7, 11) is -3.80. The predicted octanol–water partition coefficient (Wildman–Crippen LogP) is 2.71. The molecule has 1 aromatic carbocycles. The molecule has 0 aliphatic rings. The number of nitrogens with one attached hydrogen (secondary N) is 1. The fraction of sp³-hybridized carbons (Fsp3) is 0.0909. The zero-order valence-electron chi connectivity index (χ0n) is 9.98. The Labute approximate surface area is 124 Å². The van der Waals surface area contributed by atoms with Gasteiger partial charge in [-0.05, 0) is 29.6 Å². The third-order valence-electron chi connectivity index (χ3n) is 2.17. The van der Waals surface area contributed by atoms with Gasteiger partial charge < -0.3 is 15.0 Å². The highest BCUT2D eigenvalue weighted by atomic mass is 35.5. The van der Waals surface area contributed by atoms with Gasteiger partial charge in [-0.3, -0.25) is 4.79 Å². The van der Waals surface area contributed by atoms with Gasteiger partial charge in [0.15, 0.2) is 0 Å². The van der Waals surface area contributed by atoms with Crippen molar-refractivity contribution in [2.24, 2.45) is 0 Å². The van der Waals surface area contributed by atoms with Crippen LogP contribution in [0.3, 0.4) is 0 Å². The first-order valence-electron chi connectivity index (χ1n) is 5.34. The van der Waals surface area contributed by atoms with Crippen molar-refractivity contribution in [3.05, 3.63) is 40.6 Å². The fourth-order valence-electron chi connectivity index (χ4n) is 1.32. The summed E-state index contributed by atoms with van der Waals surface area (Å²) in [6, 6.07) is 5.65. The number of carbonyl (C=O) groups excluding carboxylic acids is 1. The molecule has 1 N–H and O–H groups in total. The number of amides is 1. The molecule has 0 aliphatic heterocycles. The van der Waals surface area contributed by atoms with Crippen molar-refractivity contribution in [3.8, 4) is 0 Å². The van der Waals surface area contributed by atoms with Crippen LogP contribution < -0.4 is 5.32 Å². The van der Waals surface area contributed by atoms with Crippen LogP contribution in [0.5, 0.6) is 0 Å². The van der Waals surface area contributed by atoms with E-state index in [1.54, 1.807) is 5.38 Å². The number of thiazole rings is 1. The number of benzene rings is 1. The number of halogens is 1. The normalized spacial score (nSPS) is 11.1. The van der Waals surface area contributed by atoms with Crippen molar-refractivity contribution in [3.63, 3.8) is 0 Å². The van der Waals surface area contributed by atoms with E-state index in [0.717, 1.165) is 11.3 Å². The molecule has 1 aromatic heterocycles. The summed E-state index contributed by atoms with van der Waals surface area (Å²) in [5, 5.41) is 4.32. The van der Waals surface area contributed by atoms with Gasteiger partial charge in [0.05, 0.1) is 4.90 Å². The van der Waals surface area contributed by atoms with Crippen LogP contribution in [0.15, 0.2) is 40.7 Å². The van der Waals surface area contributed by atoms with Crippen molar-refractivity contribution in [1.82, 2.24) is 4.98 Å². The fourth-order valence-corrected chi connectivity index (χ4v) is 3.06. The number of alkyl halides is 1. The highest BCUT2D eigenvalue weighted by Crippen LogP contribution is 2.29. The van der Waals surface area contributed by atoms with Crippen LogP contribution in [-0.2, 0) is 14.8 Å². The smallest absolute Gasteiger partial charge is 0.239 e. The summed E-state index contributed by atoms with van der Waals surface area (Å²) in [5.74, 6) is -0.533. The summed E-state index contributed by atoms with van der Waals surface area (Å²) in [6.07, 6.45) is 1.48. The molecule has 0 fully saturated rings. The van der Waals surface area contributed by atoms with Gasteiger partial charge in [-0.1, -0.05) is 6.20 Å². The maximum Gasteiger partial charge on any atom is 0.239 e. The Balaban J connectivity index is 2.14. The van der Waals surface area contributed by atoms with Crippen LogP contribution in [0, 0.1) is 0 Å². The third kappa shape index (κ3) is 3.69. The molecule has 0 atom stereocenters. The van der Waals surface area contributed by atoms with Crippen LogP contribution in [0.25, 0.3) is 4.72 Å². The maximum atomic E-state index is 12.0. The Kier molecular flexibility index (Phi) is 4.58. The van der Waals surface area contributed by atoms with E-state index in [2.05, 4.69) is 15.0 Å². The van der Waals surface area contributed by atoms with Crippen LogP contribution in [0.1, 0.15) is 0 Å². The van der Waals surface area contributed by atoms with Crippen LogP contribution >= 0.6 is 22.9 Å². The molecule has 0 saturated heterocycles. The molecule has 0 spiro atoms. The summed E-state index contributed by atoms with van der Waals surface area (Å²) >= 11 is 6.49.